The topological polar surface area (TPSA) is 81.5 Å². The molecule has 0 spiro atoms. The van der Waals surface area contributed by atoms with Crippen LogP contribution in [0.4, 0.5) is 10.8 Å². The lowest BCUT2D eigenvalue weighted by Gasteiger charge is -2.22. The van der Waals surface area contributed by atoms with Crippen LogP contribution in [0, 0.1) is 6.92 Å². The summed E-state index contributed by atoms with van der Waals surface area (Å²) in [5.41, 5.74) is 1.67. The summed E-state index contributed by atoms with van der Waals surface area (Å²) < 4.78 is 12.9. The molecule has 8 nitrogen and oxygen atoms in total. The Bertz CT molecular complexity index is 1170. The maximum absolute atomic E-state index is 13.5. The van der Waals surface area contributed by atoms with Crippen LogP contribution in [0.5, 0.6) is 5.75 Å². The Balaban J connectivity index is 1.68. The lowest BCUT2D eigenvalue weighted by atomic mass is 10.1. The van der Waals surface area contributed by atoms with Crippen LogP contribution in [0.3, 0.4) is 0 Å². The molecule has 0 aliphatic carbocycles. The van der Waals surface area contributed by atoms with Gasteiger partial charge in [-0.25, -0.2) is 9.97 Å². The van der Waals surface area contributed by atoms with Crippen LogP contribution in [-0.4, -0.2) is 53.5 Å². The maximum Gasteiger partial charge on any atom is 0.277 e. The Labute approximate surface area is 202 Å². The predicted octanol–water partition coefficient (Wildman–Crippen LogP) is 4.06. The zero-order valence-corrected chi connectivity index (χ0v) is 20.7. The Morgan fingerprint density at radius 1 is 1.30 bits per heavy atom. The number of anilines is 2. The summed E-state index contributed by atoms with van der Waals surface area (Å²) >= 11 is 8.09. The van der Waals surface area contributed by atoms with Crippen molar-refractivity contribution in [1.82, 2.24) is 14.5 Å². The van der Waals surface area contributed by atoms with Crippen LogP contribution in [-0.2, 0) is 11.3 Å². The maximum atomic E-state index is 13.5. The van der Waals surface area contributed by atoms with Gasteiger partial charge in [-0.15, -0.1) is 11.3 Å². The first-order valence-electron chi connectivity index (χ1n) is 10.9. The van der Waals surface area contributed by atoms with E-state index in [4.69, 9.17) is 26.1 Å². The molecule has 1 aliphatic heterocycles. The van der Waals surface area contributed by atoms with Gasteiger partial charge in [-0.2, -0.15) is 0 Å². The average molecular weight is 490 g/mol. The molecule has 0 radical (unpaired) electrons. The Morgan fingerprint density at radius 2 is 2.12 bits per heavy atom. The van der Waals surface area contributed by atoms with Crippen molar-refractivity contribution in [3.05, 3.63) is 50.8 Å². The summed E-state index contributed by atoms with van der Waals surface area (Å²) in [5.74, 6) is 1.19. The zero-order valence-electron chi connectivity index (χ0n) is 19.2. The molecule has 10 heteroatoms. The summed E-state index contributed by atoms with van der Waals surface area (Å²) in [6.07, 6.45) is 1.73. The molecular weight excluding hydrogens is 462 g/mol. The number of thiazole rings is 1. The number of hydrogen-bond acceptors (Lipinski definition) is 8. The molecular formula is C23H28ClN5O3S. The number of methoxy groups -OCH3 is 1. The second-order valence-electron chi connectivity index (χ2n) is 7.76. The standard InChI is InChI=1S/C23H28ClN5O3S/c1-5-29-21(16-8-7-15(31-4)11-17(16)24)26-14(3)20(22(29)30)27-18-12-28(13-19(18)32-6-2)23-25-9-10-33-23/h7-11,18-19,27H,5-6,12-13H2,1-4H3/t18-,19+/m1/s1. The molecule has 0 amide bonds. The van der Waals surface area contributed by atoms with Gasteiger partial charge in [0, 0.05) is 43.4 Å². The molecule has 3 heterocycles. The number of aromatic nitrogens is 3. The third-order valence-electron chi connectivity index (χ3n) is 5.75. The molecule has 0 unspecified atom stereocenters. The van der Waals surface area contributed by atoms with Crippen molar-refractivity contribution in [3.63, 3.8) is 0 Å². The van der Waals surface area contributed by atoms with E-state index in [9.17, 15) is 4.79 Å². The fraction of sp³-hybridized carbons (Fsp3) is 0.435. The van der Waals surface area contributed by atoms with Gasteiger partial charge in [0.05, 0.1) is 30.0 Å². The number of ether oxygens (including phenoxy) is 2. The third kappa shape index (κ3) is 4.71. The first-order chi connectivity index (χ1) is 16.0. The molecule has 2 atom stereocenters. The molecule has 1 aromatic carbocycles. The number of rotatable bonds is 8. The van der Waals surface area contributed by atoms with Crippen molar-refractivity contribution in [2.75, 3.05) is 37.0 Å². The van der Waals surface area contributed by atoms with Crippen molar-refractivity contribution in [2.24, 2.45) is 0 Å². The van der Waals surface area contributed by atoms with Gasteiger partial charge in [0.2, 0.25) is 0 Å². The van der Waals surface area contributed by atoms with Crippen molar-refractivity contribution >= 4 is 33.8 Å². The number of aryl methyl sites for hydroxylation is 1. The van der Waals surface area contributed by atoms with Crippen LogP contribution in [0.15, 0.2) is 34.6 Å². The smallest absolute Gasteiger partial charge is 0.277 e. The third-order valence-corrected chi connectivity index (χ3v) is 6.89. The van der Waals surface area contributed by atoms with Crippen molar-refractivity contribution in [2.45, 2.75) is 39.5 Å². The average Bonchev–Trinajstić information content (AvgIpc) is 3.47. The predicted molar refractivity (Wildman–Crippen MR) is 133 cm³/mol. The normalized spacial score (nSPS) is 18.0. The number of nitrogens with zero attached hydrogens (tertiary/aromatic N) is 4. The van der Waals surface area contributed by atoms with Crippen LogP contribution in [0.25, 0.3) is 11.4 Å². The summed E-state index contributed by atoms with van der Waals surface area (Å²) in [4.78, 5) is 24.9. The first-order valence-corrected chi connectivity index (χ1v) is 12.2. The second-order valence-corrected chi connectivity index (χ2v) is 9.04. The van der Waals surface area contributed by atoms with E-state index in [1.807, 2.05) is 38.3 Å². The highest BCUT2D eigenvalue weighted by molar-refractivity contribution is 7.13. The van der Waals surface area contributed by atoms with E-state index in [1.165, 1.54) is 0 Å². The lowest BCUT2D eigenvalue weighted by molar-refractivity contribution is 0.0720. The minimum absolute atomic E-state index is 0.0662. The van der Waals surface area contributed by atoms with Crippen molar-refractivity contribution in [1.29, 1.82) is 0 Å². The number of hydrogen-bond donors (Lipinski definition) is 1. The number of halogens is 1. The van der Waals surface area contributed by atoms with E-state index in [2.05, 4.69) is 15.2 Å². The van der Waals surface area contributed by atoms with E-state index in [-0.39, 0.29) is 17.7 Å². The van der Waals surface area contributed by atoms with Gasteiger partial charge in [-0.3, -0.25) is 9.36 Å². The summed E-state index contributed by atoms with van der Waals surface area (Å²) in [6, 6.07) is 5.30. The molecule has 3 aromatic rings. The highest BCUT2D eigenvalue weighted by Gasteiger charge is 2.35. The van der Waals surface area contributed by atoms with Gasteiger partial charge >= 0.3 is 0 Å². The van der Waals surface area contributed by atoms with Gasteiger partial charge in [0.1, 0.15) is 17.3 Å². The van der Waals surface area contributed by atoms with E-state index < -0.39 is 0 Å². The minimum atomic E-state index is -0.130. The summed E-state index contributed by atoms with van der Waals surface area (Å²) in [6.45, 7) is 8.21. The molecule has 4 rings (SSSR count). The SMILES string of the molecule is CCO[C@H]1CN(c2nccs2)C[C@H]1Nc1c(C)nc(-c2ccc(OC)cc2Cl)n(CC)c1=O. The fourth-order valence-electron chi connectivity index (χ4n) is 4.14. The molecule has 1 fully saturated rings. The van der Waals surface area contributed by atoms with E-state index in [1.54, 1.807) is 35.3 Å². The van der Waals surface area contributed by atoms with Gasteiger partial charge in [0.25, 0.3) is 5.56 Å². The molecule has 176 valence electrons. The van der Waals surface area contributed by atoms with Gasteiger partial charge in [-0.1, -0.05) is 11.6 Å². The monoisotopic (exact) mass is 489 g/mol. The van der Waals surface area contributed by atoms with Crippen LogP contribution < -0.4 is 20.5 Å². The lowest BCUT2D eigenvalue weighted by Crippen LogP contribution is -2.38. The minimum Gasteiger partial charge on any atom is -0.497 e. The van der Waals surface area contributed by atoms with Gasteiger partial charge < -0.3 is 19.7 Å². The van der Waals surface area contributed by atoms with E-state index in [0.29, 0.717) is 59.8 Å². The van der Waals surface area contributed by atoms with E-state index in [0.717, 1.165) is 5.13 Å². The Morgan fingerprint density at radius 3 is 2.76 bits per heavy atom. The highest BCUT2D eigenvalue weighted by atomic mass is 35.5. The molecule has 1 saturated heterocycles. The molecule has 0 saturated carbocycles. The molecule has 33 heavy (non-hydrogen) atoms. The zero-order chi connectivity index (χ0) is 23.5. The molecule has 1 aliphatic rings. The molecule has 2 aromatic heterocycles. The quantitative estimate of drug-likeness (QED) is 0.511. The highest BCUT2D eigenvalue weighted by Crippen LogP contribution is 2.31. The van der Waals surface area contributed by atoms with Crippen LogP contribution in [0.2, 0.25) is 5.02 Å². The molecule has 0 bridgehead atoms. The first kappa shape index (κ1) is 23.5. The Hall–Kier alpha value is -2.62. The Kier molecular flexibility index (Phi) is 7.21. The summed E-state index contributed by atoms with van der Waals surface area (Å²) in [5, 5.41) is 6.85. The van der Waals surface area contributed by atoms with Crippen LogP contribution >= 0.6 is 22.9 Å². The number of nitrogens with one attached hydrogen (secondary N) is 1. The fourth-order valence-corrected chi connectivity index (χ4v) is 5.06. The van der Waals surface area contributed by atoms with Crippen molar-refractivity contribution < 1.29 is 9.47 Å². The van der Waals surface area contributed by atoms with Gasteiger partial charge in [0.15, 0.2) is 5.13 Å². The second kappa shape index (κ2) is 10.1. The van der Waals surface area contributed by atoms with Crippen LogP contribution in [0.1, 0.15) is 19.5 Å². The van der Waals surface area contributed by atoms with Gasteiger partial charge in [-0.05, 0) is 39.0 Å². The summed E-state index contributed by atoms with van der Waals surface area (Å²) in [7, 11) is 1.59. The number of benzene rings is 1. The molecule has 1 N–H and O–H groups in total. The van der Waals surface area contributed by atoms with E-state index >= 15 is 0 Å². The largest absolute Gasteiger partial charge is 0.497 e. The van der Waals surface area contributed by atoms with Crippen molar-refractivity contribution in [3.8, 4) is 17.1 Å².